The van der Waals surface area contributed by atoms with Gasteiger partial charge in [0.1, 0.15) is 0 Å². The number of piperazine rings is 1. The molecule has 0 saturated carbocycles. The molecule has 0 spiro atoms. The molecule has 2 aromatic rings. The fourth-order valence-electron chi connectivity index (χ4n) is 2.87. The van der Waals surface area contributed by atoms with E-state index < -0.39 is 26.4 Å². The lowest BCUT2D eigenvalue weighted by atomic mass is 10.3. The molecule has 0 unspecified atom stereocenters. The lowest BCUT2D eigenvalue weighted by molar-refractivity contribution is -0.117. The first-order valence-corrected chi connectivity index (χ1v) is 10.1. The number of alkyl halides is 2. The van der Waals surface area contributed by atoms with Crippen molar-refractivity contribution in [2.24, 2.45) is 0 Å². The van der Waals surface area contributed by atoms with E-state index >= 15 is 0 Å². The highest BCUT2D eigenvalue weighted by atomic mass is 32.2. The van der Waals surface area contributed by atoms with Crippen LogP contribution in [0.25, 0.3) is 0 Å². The number of halogens is 2. The van der Waals surface area contributed by atoms with E-state index in [1.165, 1.54) is 18.2 Å². The van der Waals surface area contributed by atoms with Crippen molar-refractivity contribution in [3.8, 4) is 0 Å². The molecule has 1 saturated heterocycles. The fourth-order valence-corrected chi connectivity index (χ4v) is 3.75. The number of rotatable bonds is 6. The zero-order chi connectivity index (χ0) is 20.1. The minimum atomic E-state index is -4.81. The molecule has 1 aromatic heterocycles. The normalized spacial score (nSPS) is 15.6. The van der Waals surface area contributed by atoms with E-state index in [4.69, 9.17) is 0 Å². The highest BCUT2D eigenvalue weighted by Gasteiger charge is 2.29. The van der Waals surface area contributed by atoms with Gasteiger partial charge < -0.3 is 10.2 Å². The van der Waals surface area contributed by atoms with Crippen LogP contribution >= 0.6 is 0 Å². The molecule has 0 aliphatic carbocycles. The zero-order valence-electron chi connectivity index (χ0n) is 14.8. The predicted octanol–water partition coefficient (Wildman–Crippen LogP) is 1.23. The summed E-state index contributed by atoms with van der Waals surface area (Å²) in [6.45, 7) is 2.46. The van der Waals surface area contributed by atoms with Crippen molar-refractivity contribution in [1.29, 1.82) is 0 Å². The molecule has 1 amide bonds. The Morgan fingerprint density at radius 2 is 1.71 bits per heavy atom. The lowest BCUT2D eigenvalue weighted by Gasteiger charge is -2.34. The van der Waals surface area contributed by atoms with E-state index in [0.29, 0.717) is 32.1 Å². The Hall–Kier alpha value is -2.66. The Morgan fingerprint density at radius 3 is 2.36 bits per heavy atom. The van der Waals surface area contributed by atoms with Crippen LogP contribution in [0, 0.1) is 0 Å². The first-order chi connectivity index (χ1) is 13.4. The van der Waals surface area contributed by atoms with Crippen LogP contribution < -0.4 is 10.2 Å². The molecule has 28 heavy (non-hydrogen) atoms. The van der Waals surface area contributed by atoms with Gasteiger partial charge >= 0.3 is 5.76 Å². The highest BCUT2D eigenvalue weighted by molar-refractivity contribution is 7.91. The van der Waals surface area contributed by atoms with Crippen LogP contribution in [-0.2, 0) is 14.6 Å². The third-order valence-corrected chi connectivity index (χ3v) is 5.71. The van der Waals surface area contributed by atoms with Crippen LogP contribution in [-0.4, -0.2) is 67.7 Å². The number of amides is 1. The second-order valence-electron chi connectivity index (χ2n) is 6.16. The van der Waals surface area contributed by atoms with Gasteiger partial charge in [0.15, 0.2) is 0 Å². The Kier molecular flexibility index (Phi) is 6.15. The molecule has 0 bridgehead atoms. The largest absolute Gasteiger partial charge is 0.341 e. The van der Waals surface area contributed by atoms with Crippen molar-refractivity contribution in [3.63, 3.8) is 0 Å². The van der Waals surface area contributed by atoms with Crippen LogP contribution in [0.3, 0.4) is 0 Å². The smallest absolute Gasteiger partial charge is 0.338 e. The van der Waals surface area contributed by atoms with Gasteiger partial charge in [0, 0.05) is 38.6 Å². The number of benzene rings is 1. The average Bonchev–Trinajstić information content (AvgIpc) is 2.69. The molecule has 2 heterocycles. The molecule has 1 N–H and O–H groups in total. The molecule has 1 aromatic carbocycles. The Labute approximate surface area is 161 Å². The first kappa shape index (κ1) is 20.1. The summed E-state index contributed by atoms with van der Waals surface area (Å²) in [5.41, 5.74) is -0.149. The maximum atomic E-state index is 12.8. The quantitative estimate of drug-likeness (QED) is 0.764. The summed E-state index contributed by atoms with van der Waals surface area (Å²) in [5, 5.41) is 2.43. The van der Waals surface area contributed by atoms with Crippen LogP contribution in [0.2, 0.25) is 0 Å². The van der Waals surface area contributed by atoms with E-state index in [1.807, 2.05) is 9.80 Å². The van der Waals surface area contributed by atoms with E-state index in [-0.39, 0.29) is 12.2 Å². The third kappa shape index (κ3) is 4.60. The molecule has 0 radical (unpaired) electrons. The molecule has 0 atom stereocenters. The van der Waals surface area contributed by atoms with Crippen molar-refractivity contribution < 1.29 is 22.0 Å². The van der Waals surface area contributed by atoms with Gasteiger partial charge in [0.05, 0.1) is 17.1 Å². The summed E-state index contributed by atoms with van der Waals surface area (Å²) in [4.78, 5) is 24.0. The number of carbonyl (C=O) groups is 1. The van der Waals surface area contributed by atoms with Gasteiger partial charge in [-0.1, -0.05) is 12.1 Å². The van der Waals surface area contributed by atoms with E-state index in [0.717, 1.165) is 6.07 Å². The summed E-state index contributed by atoms with van der Waals surface area (Å²) >= 11 is 0. The number of para-hydroxylation sites is 1. The molecule has 1 fully saturated rings. The first-order valence-electron chi connectivity index (χ1n) is 8.53. The van der Waals surface area contributed by atoms with Crippen LogP contribution in [0.4, 0.5) is 20.4 Å². The van der Waals surface area contributed by atoms with E-state index in [9.17, 15) is 22.0 Å². The molecule has 150 valence electrons. The van der Waals surface area contributed by atoms with Gasteiger partial charge in [-0.3, -0.25) is 9.69 Å². The Balaban J connectivity index is 1.59. The summed E-state index contributed by atoms with van der Waals surface area (Å²) in [7, 11) is -4.81. The Bertz CT molecular complexity index is 919. The van der Waals surface area contributed by atoms with Gasteiger partial charge in [-0.2, -0.15) is 8.78 Å². The minimum Gasteiger partial charge on any atom is -0.338 e. The van der Waals surface area contributed by atoms with Gasteiger partial charge in [0.2, 0.25) is 21.7 Å². The number of anilines is 2. The number of carbonyl (C=O) groups excluding carboxylic acids is 1. The second kappa shape index (κ2) is 8.57. The molecule has 1 aliphatic heterocycles. The van der Waals surface area contributed by atoms with Gasteiger partial charge in [-0.05, 0) is 18.2 Å². The molecule has 1 aliphatic rings. The maximum Gasteiger partial charge on any atom is 0.341 e. The van der Waals surface area contributed by atoms with Crippen molar-refractivity contribution >= 4 is 27.4 Å². The van der Waals surface area contributed by atoms with Crippen LogP contribution in [0.15, 0.2) is 47.6 Å². The minimum absolute atomic E-state index is 0.0204. The SMILES string of the molecule is O=C(CN1CCN(c2ncccn2)CC1)Nc1ccccc1S(=O)(=O)C(F)F. The third-order valence-electron chi connectivity index (χ3n) is 4.28. The fraction of sp³-hybridized carbons (Fsp3) is 0.353. The summed E-state index contributed by atoms with van der Waals surface area (Å²) in [6, 6.07) is 6.87. The average molecular weight is 411 g/mol. The van der Waals surface area contributed by atoms with Crippen molar-refractivity contribution in [3.05, 3.63) is 42.7 Å². The lowest BCUT2D eigenvalue weighted by Crippen LogP contribution is -2.49. The van der Waals surface area contributed by atoms with E-state index in [1.54, 1.807) is 18.5 Å². The van der Waals surface area contributed by atoms with E-state index in [2.05, 4.69) is 15.3 Å². The predicted molar refractivity (Wildman–Crippen MR) is 98.9 cm³/mol. The summed E-state index contributed by atoms with van der Waals surface area (Å²) in [5.74, 6) is -3.40. The summed E-state index contributed by atoms with van der Waals surface area (Å²) in [6.07, 6.45) is 3.32. The van der Waals surface area contributed by atoms with Gasteiger partial charge in [0.25, 0.3) is 0 Å². The van der Waals surface area contributed by atoms with Crippen molar-refractivity contribution in [2.75, 3.05) is 42.9 Å². The number of nitrogens with zero attached hydrogens (tertiary/aromatic N) is 4. The number of nitrogens with one attached hydrogen (secondary N) is 1. The molecule has 11 heteroatoms. The highest BCUT2D eigenvalue weighted by Crippen LogP contribution is 2.26. The number of aromatic nitrogens is 2. The number of hydrogen-bond acceptors (Lipinski definition) is 7. The number of hydrogen-bond donors (Lipinski definition) is 1. The standard InChI is InChI=1S/C17H19F2N5O3S/c18-16(19)28(26,27)14-5-2-1-4-13(14)22-15(25)12-23-8-10-24(11-9-23)17-20-6-3-7-21-17/h1-7,16H,8-12H2,(H,22,25). The van der Waals surface area contributed by atoms with Crippen molar-refractivity contribution in [2.45, 2.75) is 10.7 Å². The number of sulfone groups is 1. The van der Waals surface area contributed by atoms with Gasteiger partial charge in [-0.25, -0.2) is 18.4 Å². The monoisotopic (exact) mass is 411 g/mol. The molecule has 8 nitrogen and oxygen atoms in total. The zero-order valence-corrected chi connectivity index (χ0v) is 15.6. The Morgan fingerprint density at radius 1 is 1.07 bits per heavy atom. The van der Waals surface area contributed by atoms with Gasteiger partial charge in [-0.15, -0.1) is 0 Å². The topological polar surface area (TPSA) is 95.5 Å². The second-order valence-corrected chi connectivity index (χ2v) is 8.05. The maximum absolute atomic E-state index is 12.8. The molecular formula is C17H19F2N5O3S. The van der Waals surface area contributed by atoms with Crippen molar-refractivity contribution in [1.82, 2.24) is 14.9 Å². The molecular weight excluding hydrogens is 392 g/mol. The van der Waals surface area contributed by atoms with Crippen LogP contribution in [0.5, 0.6) is 0 Å². The summed E-state index contributed by atoms with van der Waals surface area (Å²) < 4.78 is 49.2. The molecule has 3 rings (SSSR count). The van der Waals surface area contributed by atoms with Crippen LogP contribution in [0.1, 0.15) is 0 Å².